The van der Waals surface area contributed by atoms with Crippen molar-refractivity contribution in [2.75, 3.05) is 32.1 Å². The Labute approximate surface area is 195 Å². The molecule has 0 bridgehead atoms. The Bertz CT molecular complexity index is 1000. The molecule has 7 heteroatoms. The fourth-order valence-corrected chi connectivity index (χ4v) is 4.80. The summed E-state index contributed by atoms with van der Waals surface area (Å²) in [7, 11) is 1.60. The molecule has 2 aromatic rings. The Balaban J connectivity index is 1.70. The molecule has 2 aliphatic rings. The van der Waals surface area contributed by atoms with Crippen molar-refractivity contribution >= 4 is 17.7 Å². The van der Waals surface area contributed by atoms with E-state index in [2.05, 4.69) is 22.8 Å². The van der Waals surface area contributed by atoms with E-state index in [-0.39, 0.29) is 30.0 Å². The molecule has 176 valence electrons. The predicted molar refractivity (Wildman–Crippen MR) is 127 cm³/mol. The van der Waals surface area contributed by atoms with Crippen LogP contribution in [0.25, 0.3) is 0 Å². The number of anilines is 1. The Kier molecular flexibility index (Phi) is 6.61. The summed E-state index contributed by atoms with van der Waals surface area (Å²) in [5.74, 6) is 0.0117. The van der Waals surface area contributed by atoms with Crippen LogP contribution in [0.5, 0.6) is 0 Å². The Morgan fingerprint density at radius 3 is 2.61 bits per heavy atom. The number of hydrogen-bond donors (Lipinski definition) is 2. The van der Waals surface area contributed by atoms with Gasteiger partial charge in [0.1, 0.15) is 5.60 Å². The number of benzene rings is 2. The lowest BCUT2D eigenvalue weighted by atomic mass is 9.79. The number of amides is 2. The highest BCUT2D eigenvalue weighted by Crippen LogP contribution is 2.51. The zero-order valence-corrected chi connectivity index (χ0v) is 19.8. The van der Waals surface area contributed by atoms with Crippen molar-refractivity contribution in [3.05, 3.63) is 65.2 Å². The highest BCUT2D eigenvalue weighted by Gasteiger charge is 2.47. The van der Waals surface area contributed by atoms with E-state index < -0.39 is 5.60 Å². The van der Waals surface area contributed by atoms with E-state index in [0.29, 0.717) is 25.3 Å². The average Bonchev–Trinajstić information content (AvgIpc) is 3.23. The third-order valence-corrected chi connectivity index (χ3v) is 6.19. The molecular weight excluding hydrogens is 418 g/mol. The number of fused-ring (bicyclic) bond motifs is 3. The first-order valence-electron chi connectivity index (χ1n) is 11.5. The van der Waals surface area contributed by atoms with Crippen LogP contribution in [0, 0.1) is 5.92 Å². The SMILES string of the molecule is COCCNC(=O)c1ccc2c(c1)C1C(CCN1C(=O)OC(C)(C)C)C(c1ccccc1)N2. The fourth-order valence-electron chi connectivity index (χ4n) is 4.80. The summed E-state index contributed by atoms with van der Waals surface area (Å²) in [5, 5.41) is 6.56. The lowest BCUT2D eigenvalue weighted by molar-refractivity contribution is 0.0198. The van der Waals surface area contributed by atoms with Crippen LogP contribution in [0.2, 0.25) is 0 Å². The zero-order valence-electron chi connectivity index (χ0n) is 19.8. The van der Waals surface area contributed by atoms with Crippen LogP contribution >= 0.6 is 0 Å². The van der Waals surface area contributed by atoms with Gasteiger partial charge in [-0.25, -0.2) is 4.79 Å². The molecule has 2 N–H and O–H groups in total. The molecule has 2 aliphatic heterocycles. The van der Waals surface area contributed by atoms with Gasteiger partial charge in [-0.2, -0.15) is 0 Å². The summed E-state index contributed by atoms with van der Waals surface area (Å²) in [4.78, 5) is 27.7. The number of carbonyl (C=O) groups excluding carboxylic acids is 2. The van der Waals surface area contributed by atoms with E-state index in [1.807, 2.05) is 62.1 Å². The first-order chi connectivity index (χ1) is 15.8. The van der Waals surface area contributed by atoms with E-state index >= 15 is 0 Å². The molecule has 0 saturated carbocycles. The number of likely N-dealkylation sites (tertiary alicyclic amines) is 1. The minimum Gasteiger partial charge on any atom is -0.444 e. The van der Waals surface area contributed by atoms with Gasteiger partial charge in [0, 0.05) is 37.4 Å². The van der Waals surface area contributed by atoms with Crippen molar-refractivity contribution in [2.24, 2.45) is 5.92 Å². The third kappa shape index (κ3) is 4.98. The van der Waals surface area contributed by atoms with Gasteiger partial charge in [-0.15, -0.1) is 0 Å². The van der Waals surface area contributed by atoms with Crippen LogP contribution in [-0.2, 0) is 9.47 Å². The maximum Gasteiger partial charge on any atom is 0.410 e. The molecule has 7 nitrogen and oxygen atoms in total. The second-order valence-corrected chi connectivity index (χ2v) is 9.65. The number of rotatable bonds is 5. The zero-order chi connectivity index (χ0) is 23.6. The Morgan fingerprint density at radius 2 is 1.91 bits per heavy atom. The standard InChI is InChI=1S/C26H33N3O4/c1-26(2,3)33-25(31)29-14-12-19-22(17-8-6-5-7-9-17)28-21-11-10-18(16-20(21)23(19)29)24(30)27-13-15-32-4/h5-11,16,19,22-23,28H,12-15H2,1-4H3,(H,27,30). The summed E-state index contributed by atoms with van der Waals surface area (Å²) in [5.41, 5.74) is 3.07. The van der Waals surface area contributed by atoms with Gasteiger partial charge >= 0.3 is 6.09 Å². The van der Waals surface area contributed by atoms with E-state index in [0.717, 1.165) is 17.7 Å². The van der Waals surface area contributed by atoms with Crippen molar-refractivity contribution in [3.8, 4) is 0 Å². The second kappa shape index (κ2) is 9.43. The quantitative estimate of drug-likeness (QED) is 0.653. The third-order valence-electron chi connectivity index (χ3n) is 6.19. The van der Waals surface area contributed by atoms with E-state index in [1.165, 1.54) is 5.56 Å². The van der Waals surface area contributed by atoms with Crippen molar-refractivity contribution in [3.63, 3.8) is 0 Å². The number of ether oxygens (including phenoxy) is 2. The van der Waals surface area contributed by atoms with Crippen LogP contribution in [0.3, 0.4) is 0 Å². The van der Waals surface area contributed by atoms with Gasteiger partial charge in [0.05, 0.1) is 18.7 Å². The summed E-state index contributed by atoms with van der Waals surface area (Å²) in [6, 6.07) is 15.9. The van der Waals surface area contributed by atoms with Gasteiger partial charge in [-0.1, -0.05) is 30.3 Å². The highest BCUT2D eigenvalue weighted by atomic mass is 16.6. The molecule has 4 rings (SSSR count). The number of carbonyl (C=O) groups is 2. The van der Waals surface area contributed by atoms with Gasteiger partial charge in [0.25, 0.3) is 5.91 Å². The van der Waals surface area contributed by atoms with E-state index in [9.17, 15) is 9.59 Å². The summed E-state index contributed by atoms with van der Waals surface area (Å²) in [6.07, 6.45) is 0.532. The Hall–Kier alpha value is -3.06. The maximum absolute atomic E-state index is 13.2. The topological polar surface area (TPSA) is 79.9 Å². The summed E-state index contributed by atoms with van der Waals surface area (Å²) < 4.78 is 10.8. The van der Waals surface area contributed by atoms with Crippen molar-refractivity contribution in [1.82, 2.24) is 10.2 Å². The molecule has 0 aliphatic carbocycles. The minimum atomic E-state index is -0.577. The average molecular weight is 452 g/mol. The van der Waals surface area contributed by atoms with Crippen molar-refractivity contribution in [1.29, 1.82) is 0 Å². The number of methoxy groups -OCH3 is 1. The monoisotopic (exact) mass is 451 g/mol. The van der Waals surface area contributed by atoms with Crippen molar-refractivity contribution < 1.29 is 19.1 Å². The molecule has 0 aromatic heterocycles. The molecule has 2 heterocycles. The molecular formula is C26H33N3O4. The van der Waals surface area contributed by atoms with Crippen LogP contribution in [0.1, 0.15) is 60.8 Å². The fraction of sp³-hybridized carbons (Fsp3) is 0.462. The van der Waals surface area contributed by atoms with Gasteiger partial charge in [0.15, 0.2) is 0 Å². The lowest BCUT2D eigenvalue weighted by Gasteiger charge is -2.40. The van der Waals surface area contributed by atoms with Crippen LogP contribution in [0.15, 0.2) is 48.5 Å². The van der Waals surface area contributed by atoms with Gasteiger partial charge in [0.2, 0.25) is 0 Å². The number of nitrogens with one attached hydrogen (secondary N) is 2. The molecule has 2 amide bonds. The molecule has 3 atom stereocenters. The van der Waals surface area contributed by atoms with E-state index in [4.69, 9.17) is 9.47 Å². The first-order valence-corrected chi connectivity index (χ1v) is 11.5. The summed E-state index contributed by atoms with van der Waals surface area (Å²) >= 11 is 0. The molecule has 2 aromatic carbocycles. The van der Waals surface area contributed by atoms with Gasteiger partial charge in [-0.05, 0) is 56.5 Å². The van der Waals surface area contributed by atoms with E-state index in [1.54, 1.807) is 7.11 Å². The highest BCUT2D eigenvalue weighted by molar-refractivity contribution is 5.95. The van der Waals surface area contributed by atoms with Crippen LogP contribution < -0.4 is 10.6 Å². The van der Waals surface area contributed by atoms with Crippen LogP contribution in [-0.4, -0.2) is 49.3 Å². The molecule has 3 unspecified atom stereocenters. The molecule has 0 spiro atoms. The normalized spacial score (nSPS) is 21.6. The number of nitrogens with zero attached hydrogens (tertiary/aromatic N) is 1. The van der Waals surface area contributed by atoms with Gasteiger partial charge in [-0.3, -0.25) is 4.79 Å². The van der Waals surface area contributed by atoms with Gasteiger partial charge < -0.3 is 25.0 Å². The van der Waals surface area contributed by atoms with Crippen LogP contribution in [0.4, 0.5) is 10.5 Å². The molecule has 33 heavy (non-hydrogen) atoms. The second-order valence-electron chi connectivity index (χ2n) is 9.65. The largest absolute Gasteiger partial charge is 0.444 e. The lowest BCUT2D eigenvalue weighted by Crippen LogP contribution is -2.40. The molecule has 1 saturated heterocycles. The summed E-state index contributed by atoms with van der Waals surface area (Å²) in [6.45, 7) is 7.14. The minimum absolute atomic E-state index is 0.0671. The number of hydrogen-bond acceptors (Lipinski definition) is 5. The maximum atomic E-state index is 13.2. The predicted octanol–water partition coefficient (Wildman–Crippen LogP) is 4.53. The Morgan fingerprint density at radius 1 is 1.15 bits per heavy atom. The molecule has 0 radical (unpaired) electrons. The smallest absolute Gasteiger partial charge is 0.410 e. The first kappa shape index (κ1) is 23.1. The molecule has 1 fully saturated rings. The van der Waals surface area contributed by atoms with Crippen molar-refractivity contribution in [2.45, 2.75) is 44.9 Å².